The van der Waals surface area contributed by atoms with Crippen molar-refractivity contribution in [2.75, 3.05) is 6.61 Å². The van der Waals surface area contributed by atoms with Crippen molar-refractivity contribution in [2.24, 2.45) is 5.41 Å². The number of pyridine rings is 1. The molecule has 1 aromatic heterocycles. The Kier molecular flexibility index (Phi) is 5.00. The fraction of sp³-hybridized carbons (Fsp3) is 0.684. The Balaban J connectivity index is 1.49. The lowest BCUT2D eigenvalue weighted by Gasteiger charge is -2.34. The van der Waals surface area contributed by atoms with E-state index < -0.39 is 0 Å². The Morgan fingerprint density at radius 1 is 1.43 bits per heavy atom. The standard InChI is InChI=1S/C19H28N2O2/c1-2-19(14-22)12-16-9-10-17(19)21(16)18(23)8-4-3-6-15-7-5-11-20-13-15/h5,7,11,13,16-17,22H,2-4,6,8-10,12,14H2,1H3/t16-,17+,19-/m0/s1. The zero-order chi connectivity index (χ0) is 16.3. The van der Waals surface area contributed by atoms with Crippen LogP contribution in [0.1, 0.15) is 57.4 Å². The van der Waals surface area contributed by atoms with Gasteiger partial charge < -0.3 is 10.0 Å². The highest BCUT2D eigenvalue weighted by Crippen LogP contribution is 2.51. The number of fused-ring (bicyclic) bond motifs is 2. The first-order valence-corrected chi connectivity index (χ1v) is 9.01. The summed E-state index contributed by atoms with van der Waals surface area (Å²) in [7, 11) is 0. The molecule has 2 saturated heterocycles. The van der Waals surface area contributed by atoms with E-state index in [1.54, 1.807) is 6.20 Å². The van der Waals surface area contributed by atoms with Gasteiger partial charge in [0.2, 0.25) is 5.91 Å². The van der Waals surface area contributed by atoms with E-state index in [0.717, 1.165) is 44.9 Å². The zero-order valence-electron chi connectivity index (χ0n) is 14.1. The average molecular weight is 316 g/mol. The summed E-state index contributed by atoms with van der Waals surface area (Å²) < 4.78 is 0. The number of hydrogen-bond donors (Lipinski definition) is 1. The second-order valence-corrected chi connectivity index (χ2v) is 7.19. The lowest BCUT2D eigenvalue weighted by atomic mass is 9.72. The summed E-state index contributed by atoms with van der Waals surface area (Å²) in [6, 6.07) is 4.69. The van der Waals surface area contributed by atoms with Gasteiger partial charge in [0.05, 0.1) is 6.61 Å². The van der Waals surface area contributed by atoms with Gasteiger partial charge in [0.15, 0.2) is 0 Å². The molecular weight excluding hydrogens is 288 g/mol. The molecule has 126 valence electrons. The Labute approximate surface area is 138 Å². The number of aliphatic hydroxyl groups excluding tert-OH is 1. The number of aromatic nitrogens is 1. The first-order valence-electron chi connectivity index (χ1n) is 9.01. The molecular formula is C19H28N2O2. The molecule has 0 aromatic carbocycles. The van der Waals surface area contributed by atoms with E-state index in [1.165, 1.54) is 5.56 Å². The van der Waals surface area contributed by atoms with E-state index in [-0.39, 0.29) is 18.1 Å². The Morgan fingerprint density at radius 3 is 2.96 bits per heavy atom. The van der Waals surface area contributed by atoms with Gasteiger partial charge in [-0.15, -0.1) is 0 Å². The highest BCUT2D eigenvalue weighted by molar-refractivity contribution is 5.77. The van der Waals surface area contributed by atoms with Crippen molar-refractivity contribution >= 4 is 5.91 Å². The molecule has 2 bridgehead atoms. The Morgan fingerprint density at radius 2 is 2.30 bits per heavy atom. The van der Waals surface area contributed by atoms with Gasteiger partial charge in [-0.05, 0) is 56.6 Å². The number of aliphatic hydroxyl groups is 1. The van der Waals surface area contributed by atoms with Crippen molar-refractivity contribution in [1.29, 1.82) is 0 Å². The van der Waals surface area contributed by atoms with Crippen LogP contribution in [0.4, 0.5) is 0 Å². The molecule has 2 fully saturated rings. The molecule has 23 heavy (non-hydrogen) atoms. The highest BCUT2D eigenvalue weighted by Gasteiger charge is 2.55. The third kappa shape index (κ3) is 3.14. The maximum atomic E-state index is 12.7. The molecule has 1 N–H and O–H groups in total. The minimum Gasteiger partial charge on any atom is -0.396 e. The van der Waals surface area contributed by atoms with Gasteiger partial charge in [0.25, 0.3) is 0 Å². The van der Waals surface area contributed by atoms with Crippen LogP contribution >= 0.6 is 0 Å². The molecule has 2 aliphatic rings. The van der Waals surface area contributed by atoms with Crippen molar-refractivity contribution in [3.63, 3.8) is 0 Å². The van der Waals surface area contributed by atoms with E-state index in [2.05, 4.69) is 22.9 Å². The van der Waals surface area contributed by atoms with E-state index in [1.807, 2.05) is 12.3 Å². The third-order valence-electron chi connectivity index (χ3n) is 5.99. The lowest BCUT2D eigenvalue weighted by Crippen LogP contribution is -2.42. The first-order chi connectivity index (χ1) is 11.2. The number of carbonyl (C=O) groups is 1. The molecule has 1 amide bonds. The van der Waals surface area contributed by atoms with Gasteiger partial charge >= 0.3 is 0 Å². The Hall–Kier alpha value is -1.42. The molecule has 1 aromatic rings. The first kappa shape index (κ1) is 16.4. The quantitative estimate of drug-likeness (QED) is 0.787. The molecule has 0 aliphatic carbocycles. The molecule has 3 rings (SSSR count). The number of amides is 1. The topological polar surface area (TPSA) is 53.4 Å². The third-order valence-corrected chi connectivity index (χ3v) is 5.99. The molecule has 0 unspecified atom stereocenters. The Bertz CT molecular complexity index is 527. The second-order valence-electron chi connectivity index (χ2n) is 7.19. The highest BCUT2D eigenvalue weighted by atomic mass is 16.3. The normalized spacial score (nSPS) is 29.2. The van der Waals surface area contributed by atoms with Crippen molar-refractivity contribution in [1.82, 2.24) is 9.88 Å². The number of unbranched alkanes of at least 4 members (excludes halogenated alkanes) is 1. The summed E-state index contributed by atoms with van der Waals surface area (Å²) in [5.74, 6) is 0.299. The van der Waals surface area contributed by atoms with Gasteiger partial charge in [-0.1, -0.05) is 13.0 Å². The smallest absolute Gasteiger partial charge is 0.223 e. The molecule has 0 spiro atoms. The number of hydrogen-bond acceptors (Lipinski definition) is 3. The molecule has 4 heteroatoms. The number of nitrogens with zero attached hydrogens (tertiary/aromatic N) is 2. The van der Waals surface area contributed by atoms with Crippen LogP contribution in [0, 0.1) is 5.41 Å². The van der Waals surface area contributed by atoms with Gasteiger partial charge in [-0.3, -0.25) is 9.78 Å². The molecule has 2 aliphatic heterocycles. The van der Waals surface area contributed by atoms with Crippen LogP contribution in [0.15, 0.2) is 24.5 Å². The summed E-state index contributed by atoms with van der Waals surface area (Å²) >= 11 is 0. The van der Waals surface area contributed by atoms with Gasteiger partial charge in [-0.25, -0.2) is 0 Å². The monoisotopic (exact) mass is 316 g/mol. The molecule has 3 atom stereocenters. The largest absolute Gasteiger partial charge is 0.396 e. The van der Waals surface area contributed by atoms with E-state index >= 15 is 0 Å². The fourth-order valence-electron chi connectivity index (χ4n) is 4.61. The van der Waals surface area contributed by atoms with Crippen LogP contribution in [-0.4, -0.2) is 39.6 Å². The summed E-state index contributed by atoms with van der Waals surface area (Å²) in [5, 5.41) is 9.83. The van der Waals surface area contributed by atoms with Crippen LogP contribution in [0.5, 0.6) is 0 Å². The number of aryl methyl sites for hydroxylation is 1. The van der Waals surface area contributed by atoms with Crippen molar-refractivity contribution in [3.8, 4) is 0 Å². The summed E-state index contributed by atoms with van der Waals surface area (Å²) in [6.07, 6.45) is 11.4. The fourth-order valence-corrected chi connectivity index (χ4v) is 4.61. The minimum absolute atomic E-state index is 0.0334. The zero-order valence-corrected chi connectivity index (χ0v) is 14.1. The minimum atomic E-state index is -0.0334. The van der Waals surface area contributed by atoms with Crippen LogP contribution < -0.4 is 0 Å². The summed E-state index contributed by atoms with van der Waals surface area (Å²) in [5.41, 5.74) is 1.21. The molecule has 0 saturated carbocycles. The second kappa shape index (κ2) is 7.00. The van der Waals surface area contributed by atoms with Crippen molar-refractivity contribution < 1.29 is 9.90 Å². The predicted molar refractivity (Wildman–Crippen MR) is 89.9 cm³/mol. The van der Waals surface area contributed by atoms with Crippen molar-refractivity contribution in [2.45, 2.75) is 70.4 Å². The average Bonchev–Trinajstić information content (AvgIpc) is 3.15. The van der Waals surface area contributed by atoms with E-state index in [9.17, 15) is 9.90 Å². The van der Waals surface area contributed by atoms with Crippen LogP contribution in [0.2, 0.25) is 0 Å². The van der Waals surface area contributed by atoms with Crippen LogP contribution in [0.25, 0.3) is 0 Å². The SMILES string of the molecule is CC[C@@]1(CO)C[C@@H]2CC[C@H]1N2C(=O)CCCCc1cccnc1. The molecule has 0 radical (unpaired) electrons. The lowest BCUT2D eigenvalue weighted by molar-refractivity contribution is -0.133. The van der Waals surface area contributed by atoms with Crippen LogP contribution in [0.3, 0.4) is 0 Å². The maximum Gasteiger partial charge on any atom is 0.223 e. The summed E-state index contributed by atoms with van der Waals surface area (Å²) in [6.45, 7) is 2.36. The molecule has 4 nitrogen and oxygen atoms in total. The van der Waals surface area contributed by atoms with Crippen LogP contribution in [-0.2, 0) is 11.2 Å². The number of carbonyl (C=O) groups excluding carboxylic acids is 1. The predicted octanol–water partition coefficient (Wildman–Crippen LogP) is 2.95. The maximum absolute atomic E-state index is 12.7. The molecule has 3 heterocycles. The van der Waals surface area contributed by atoms with Gasteiger partial charge in [-0.2, -0.15) is 0 Å². The van der Waals surface area contributed by atoms with Crippen molar-refractivity contribution in [3.05, 3.63) is 30.1 Å². The van der Waals surface area contributed by atoms with Gasteiger partial charge in [0, 0.05) is 36.3 Å². The summed E-state index contributed by atoms with van der Waals surface area (Å²) in [4.78, 5) is 18.9. The van der Waals surface area contributed by atoms with E-state index in [4.69, 9.17) is 0 Å². The van der Waals surface area contributed by atoms with E-state index in [0.29, 0.717) is 18.4 Å². The number of rotatable bonds is 7. The van der Waals surface area contributed by atoms with Gasteiger partial charge in [0.1, 0.15) is 0 Å².